The van der Waals surface area contributed by atoms with Crippen molar-refractivity contribution in [3.63, 3.8) is 0 Å². The molecule has 1 saturated carbocycles. The Morgan fingerprint density at radius 2 is 1.73 bits per heavy atom. The molecular formula is C20H24N2O3S. The lowest BCUT2D eigenvalue weighted by atomic mass is 10.1. The Hall–Kier alpha value is -2.34. The zero-order valence-electron chi connectivity index (χ0n) is 15.5. The number of hydrogen-bond acceptors (Lipinski definition) is 3. The maximum atomic E-state index is 12.9. The van der Waals surface area contributed by atoms with Crippen molar-refractivity contribution in [2.45, 2.75) is 39.0 Å². The summed E-state index contributed by atoms with van der Waals surface area (Å²) in [5, 5.41) is 2.83. The molecule has 0 saturated heterocycles. The highest BCUT2D eigenvalue weighted by Gasteiger charge is 2.39. The quantitative estimate of drug-likeness (QED) is 0.833. The normalized spacial score (nSPS) is 19.1. The second-order valence-corrected chi connectivity index (χ2v) is 8.86. The van der Waals surface area contributed by atoms with Crippen molar-refractivity contribution in [3.05, 3.63) is 53.1 Å². The van der Waals surface area contributed by atoms with E-state index in [-0.39, 0.29) is 16.7 Å². The van der Waals surface area contributed by atoms with Gasteiger partial charge in [-0.05, 0) is 62.4 Å². The molecule has 0 unspecified atom stereocenters. The van der Waals surface area contributed by atoms with Crippen molar-refractivity contribution in [1.29, 1.82) is 0 Å². The zero-order chi connectivity index (χ0) is 19.1. The Bertz CT molecular complexity index is 967. The Morgan fingerprint density at radius 1 is 1.04 bits per heavy atom. The third kappa shape index (κ3) is 3.90. The number of carbonyl (C=O) groups is 1. The maximum absolute atomic E-state index is 12.9. The van der Waals surface area contributed by atoms with Crippen molar-refractivity contribution in [1.82, 2.24) is 0 Å². The van der Waals surface area contributed by atoms with E-state index in [0.29, 0.717) is 22.9 Å². The summed E-state index contributed by atoms with van der Waals surface area (Å²) in [4.78, 5) is 12.3. The van der Waals surface area contributed by atoms with Crippen LogP contribution in [0.3, 0.4) is 0 Å². The topological polar surface area (TPSA) is 75.3 Å². The van der Waals surface area contributed by atoms with E-state index in [2.05, 4.69) is 10.0 Å². The van der Waals surface area contributed by atoms with E-state index >= 15 is 0 Å². The van der Waals surface area contributed by atoms with Crippen LogP contribution in [-0.4, -0.2) is 14.3 Å². The molecule has 0 aromatic heterocycles. The first kappa shape index (κ1) is 18.5. The summed E-state index contributed by atoms with van der Waals surface area (Å²) in [6, 6.07) is 10.5. The average Bonchev–Trinajstić information content (AvgIpc) is 3.29. The highest BCUT2D eigenvalue weighted by molar-refractivity contribution is 7.92. The monoisotopic (exact) mass is 372 g/mol. The predicted octanol–water partition coefficient (Wildman–Crippen LogP) is 4.01. The van der Waals surface area contributed by atoms with Gasteiger partial charge < -0.3 is 5.32 Å². The summed E-state index contributed by atoms with van der Waals surface area (Å²) in [6.07, 6.45) is 0.886. The molecule has 6 heteroatoms. The summed E-state index contributed by atoms with van der Waals surface area (Å²) in [5.74, 6) is 0.381. The summed E-state index contributed by atoms with van der Waals surface area (Å²) in [6.45, 7) is 7.60. The second kappa shape index (κ2) is 6.76. The lowest BCUT2D eigenvalue weighted by Crippen LogP contribution is -2.17. The van der Waals surface area contributed by atoms with Gasteiger partial charge in [0.1, 0.15) is 0 Å². The van der Waals surface area contributed by atoms with Crippen molar-refractivity contribution in [2.24, 2.45) is 11.8 Å². The van der Waals surface area contributed by atoms with E-state index in [1.807, 2.05) is 32.9 Å². The summed E-state index contributed by atoms with van der Waals surface area (Å²) in [5.41, 5.74) is 3.61. The SMILES string of the molecule is Cc1ccc(NS(=O)(=O)c2cc(NC(=O)[C@H]3C[C@@H]3C)ccc2C)c(C)c1. The second-order valence-electron chi connectivity index (χ2n) is 7.21. The maximum Gasteiger partial charge on any atom is 0.262 e. The van der Waals surface area contributed by atoms with Crippen LogP contribution >= 0.6 is 0 Å². The molecule has 3 rings (SSSR count). The molecule has 1 fully saturated rings. The number of benzene rings is 2. The first-order valence-electron chi connectivity index (χ1n) is 8.69. The van der Waals surface area contributed by atoms with Gasteiger partial charge in [0, 0.05) is 11.6 Å². The molecule has 0 aliphatic heterocycles. The molecule has 1 aliphatic rings. The number of amides is 1. The molecule has 1 amide bonds. The van der Waals surface area contributed by atoms with Gasteiger partial charge in [-0.25, -0.2) is 8.42 Å². The fourth-order valence-corrected chi connectivity index (χ4v) is 4.42. The van der Waals surface area contributed by atoms with Gasteiger partial charge in [0.25, 0.3) is 10.0 Å². The lowest BCUT2D eigenvalue weighted by Gasteiger charge is -2.14. The average molecular weight is 372 g/mol. The van der Waals surface area contributed by atoms with E-state index in [1.54, 1.807) is 25.1 Å². The number of sulfonamides is 1. The zero-order valence-corrected chi connectivity index (χ0v) is 16.3. The summed E-state index contributed by atoms with van der Waals surface area (Å²) in [7, 11) is -3.75. The fourth-order valence-electron chi connectivity index (χ4n) is 3.02. The molecule has 0 bridgehead atoms. The van der Waals surface area contributed by atoms with E-state index in [9.17, 15) is 13.2 Å². The first-order valence-corrected chi connectivity index (χ1v) is 10.2. The third-order valence-corrected chi connectivity index (χ3v) is 6.33. The van der Waals surface area contributed by atoms with Crippen molar-refractivity contribution < 1.29 is 13.2 Å². The number of anilines is 2. The smallest absolute Gasteiger partial charge is 0.262 e. The third-order valence-electron chi connectivity index (χ3n) is 4.82. The summed E-state index contributed by atoms with van der Waals surface area (Å²) >= 11 is 0. The van der Waals surface area contributed by atoms with Gasteiger partial charge >= 0.3 is 0 Å². The van der Waals surface area contributed by atoms with E-state index in [0.717, 1.165) is 17.5 Å². The lowest BCUT2D eigenvalue weighted by molar-refractivity contribution is -0.117. The minimum atomic E-state index is -3.75. The summed E-state index contributed by atoms with van der Waals surface area (Å²) < 4.78 is 28.4. The molecule has 0 spiro atoms. The molecule has 1 aliphatic carbocycles. The molecule has 2 N–H and O–H groups in total. The standard InChI is InChI=1S/C20H24N2O3S/c1-12-5-8-18(15(4)9-12)22-26(24,25)19-11-16(7-6-13(19)2)21-20(23)17-10-14(17)3/h5-9,11,14,17,22H,10H2,1-4H3,(H,21,23)/t14-,17-/m0/s1. The Morgan fingerprint density at radius 3 is 2.35 bits per heavy atom. The molecule has 5 nitrogen and oxygen atoms in total. The molecule has 2 aromatic rings. The van der Waals surface area contributed by atoms with Gasteiger partial charge in [0.15, 0.2) is 0 Å². The van der Waals surface area contributed by atoms with Crippen LogP contribution in [0, 0.1) is 32.6 Å². The van der Waals surface area contributed by atoms with E-state index in [4.69, 9.17) is 0 Å². The number of rotatable bonds is 5. The van der Waals surface area contributed by atoms with Crippen LogP contribution in [0.15, 0.2) is 41.3 Å². The minimum Gasteiger partial charge on any atom is -0.326 e. The Labute approximate surface area is 154 Å². The first-order chi connectivity index (χ1) is 12.2. The molecule has 2 aromatic carbocycles. The molecule has 0 heterocycles. The van der Waals surface area contributed by atoms with Crippen LogP contribution in [0.2, 0.25) is 0 Å². The molecule has 0 radical (unpaired) electrons. The molecule has 138 valence electrons. The van der Waals surface area contributed by atoms with Crippen molar-refractivity contribution >= 4 is 27.3 Å². The van der Waals surface area contributed by atoms with Gasteiger partial charge in [0.05, 0.1) is 10.6 Å². The van der Waals surface area contributed by atoms with Gasteiger partial charge in [-0.1, -0.05) is 30.7 Å². The van der Waals surface area contributed by atoms with Gasteiger partial charge in [-0.2, -0.15) is 0 Å². The van der Waals surface area contributed by atoms with Crippen LogP contribution in [0.5, 0.6) is 0 Å². The van der Waals surface area contributed by atoms with Crippen LogP contribution in [0.4, 0.5) is 11.4 Å². The predicted molar refractivity (Wildman–Crippen MR) is 104 cm³/mol. The van der Waals surface area contributed by atoms with E-state index in [1.165, 1.54) is 6.07 Å². The van der Waals surface area contributed by atoms with Crippen molar-refractivity contribution in [3.8, 4) is 0 Å². The highest BCUT2D eigenvalue weighted by Crippen LogP contribution is 2.38. The fraction of sp³-hybridized carbons (Fsp3) is 0.350. The Kier molecular flexibility index (Phi) is 4.80. The molecule has 26 heavy (non-hydrogen) atoms. The minimum absolute atomic E-state index is 0.0321. The van der Waals surface area contributed by atoms with Crippen LogP contribution in [0.25, 0.3) is 0 Å². The molecule has 2 atom stereocenters. The number of nitrogens with one attached hydrogen (secondary N) is 2. The van der Waals surface area contributed by atoms with Crippen LogP contribution in [-0.2, 0) is 14.8 Å². The molecular weight excluding hydrogens is 348 g/mol. The van der Waals surface area contributed by atoms with E-state index < -0.39 is 10.0 Å². The van der Waals surface area contributed by atoms with Crippen LogP contribution < -0.4 is 10.0 Å². The Balaban J connectivity index is 1.86. The van der Waals surface area contributed by atoms with Crippen molar-refractivity contribution in [2.75, 3.05) is 10.0 Å². The van der Waals surface area contributed by atoms with Crippen LogP contribution in [0.1, 0.15) is 30.0 Å². The van der Waals surface area contributed by atoms with Gasteiger partial charge in [-0.15, -0.1) is 0 Å². The number of hydrogen-bond donors (Lipinski definition) is 2. The number of carbonyl (C=O) groups excluding carboxylic acids is 1. The largest absolute Gasteiger partial charge is 0.326 e. The van der Waals surface area contributed by atoms with Gasteiger partial charge in [-0.3, -0.25) is 9.52 Å². The highest BCUT2D eigenvalue weighted by atomic mass is 32.2. The van der Waals surface area contributed by atoms with Gasteiger partial charge in [0.2, 0.25) is 5.91 Å². The number of aryl methyl sites for hydroxylation is 3.